The minimum Gasteiger partial charge on any atom is -0.494 e. The molecule has 2 aromatic heterocycles. The number of imidazole rings is 1. The van der Waals surface area contributed by atoms with E-state index in [0.717, 1.165) is 28.1 Å². The van der Waals surface area contributed by atoms with Gasteiger partial charge in [0.15, 0.2) is 17.5 Å². The van der Waals surface area contributed by atoms with Crippen molar-refractivity contribution < 1.29 is 23.0 Å². The second-order valence-corrected chi connectivity index (χ2v) is 8.48. The average Bonchev–Trinajstić information content (AvgIpc) is 3.28. The molecule has 4 rings (SSSR count). The van der Waals surface area contributed by atoms with Gasteiger partial charge in [-0.15, -0.1) is 0 Å². The number of pyridine rings is 1. The lowest BCUT2D eigenvalue weighted by atomic mass is 10.0. The highest BCUT2D eigenvalue weighted by Gasteiger charge is 2.21. The predicted octanol–water partition coefficient (Wildman–Crippen LogP) is 5.14. The van der Waals surface area contributed by atoms with Gasteiger partial charge in [-0.2, -0.15) is 0 Å². The SMILES string of the molecule is COc1cc(Nc2cc(Cl)cn(C(CCO)c3cc(F)c(F)c(F)c3)c2=O)ccc1-n1cnc(C)c1. The molecule has 11 heteroatoms. The second-order valence-electron chi connectivity index (χ2n) is 8.04. The van der Waals surface area contributed by atoms with Crippen LogP contribution in [0.2, 0.25) is 5.02 Å². The van der Waals surface area contributed by atoms with Crippen LogP contribution in [0, 0.1) is 24.4 Å². The van der Waals surface area contributed by atoms with Crippen LogP contribution in [0.1, 0.15) is 23.7 Å². The molecule has 0 saturated carbocycles. The van der Waals surface area contributed by atoms with Gasteiger partial charge in [-0.05, 0) is 49.2 Å². The van der Waals surface area contributed by atoms with Crippen LogP contribution in [-0.2, 0) is 0 Å². The molecule has 7 nitrogen and oxygen atoms in total. The number of benzene rings is 2. The number of halogens is 4. The number of anilines is 2. The maximum atomic E-state index is 13.9. The van der Waals surface area contributed by atoms with Crippen molar-refractivity contribution in [3.63, 3.8) is 0 Å². The fourth-order valence-electron chi connectivity index (χ4n) is 3.92. The predicted molar refractivity (Wildman–Crippen MR) is 130 cm³/mol. The maximum absolute atomic E-state index is 13.9. The summed E-state index contributed by atoms with van der Waals surface area (Å²) in [6, 6.07) is 7.18. The summed E-state index contributed by atoms with van der Waals surface area (Å²) in [7, 11) is 1.51. The highest BCUT2D eigenvalue weighted by atomic mass is 35.5. The highest BCUT2D eigenvalue weighted by Crippen LogP contribution is 2.30. The smallest absolute Gasteiger partial charge is 0.274 e. The van der Waals surface area contributed by atoms with Crippen molar-refractivity contribution in [3.05, 3.63) is 99.2 Å². The summed E-state index contributed by atoms with van der Waals surface area (Å²) in [6.45, 7) is 1.46. The Balaban J connectivity index is 1.74. The molecular formula is C25H22ClF3N4O3. The first-order valence-corrected chi connectivity index (χ1v) is 11.2. The number of rotatable bonds is 8. The van der Waals surface area contributed by atoms with Gasteiger partial charge in [0.1, 0.15) is 11.4 Å². The number of methoxy groups -OCH3 is 1. The molecule has 188 valence electrons. The molecule has 1 atom stereocenters. The van der Waals surface area contributed by atoms with E-state index in [1.807, 2.05) is 13.1 Å². The normalized spacial score (nSPS) is 12.0. The third-order valence-corrected chi connectivity index (χ3v) is 5.79. The minimum absolute atomic E-state index is 0.0302. The third kappa shape index (κ3) is 5.09. The monoisotopic (exact) mass is 518 g/mol. The topological polar surface area (TPSA) is 81.3 Å². The molecule has 1 unspecified atom stereocenters. The van der Waals surface area contributed by atoms with Gasteiger partial charge in [0.05, 0.1) is 35.9 Å². The average molecular weight is 519 g/mol. The van der Waals surface area contributed by atoms with Crippen LogP contribution in [0.5, 0.6) is 5.75 Å². The fourth-order valence-corrected chi connectivity index (χ4v) is 4.14. The molecule has 2 heterocycles. The zero-order valence-electron chi connectivity index (χ0n) is 19.3. The number of aliphatic hydroxyl groups is 1. The van der Waals surface area contributed by atoms with Gasteiger partial charge in [0.25, 0.3) is 5.56 Å². The second kappa shape index (κ2) is 10.5. The zero-order chi connectivity index (χ0) is 26.0. The molecule has 4 aromatic rings. The Morgan fingerprint density at radius 3 is 2.47 bits per heavy atom. The summed E-state index contributed by atoms with van der Waals surface area (Å²) in [5, 5.41) is 12.7. The summed E-state index contributed by atoms with van der Waals surface area (Å²) >= 11 is 6.27. The van der Waals surface area contributed by atoms with Crippen molar-refractivity contribution in [3.8, 4) is 11.4 Å². The number of aromatic nitrogens is 3. The molecule has 0 saturated heterocycles. The Morgan fingerprint density at radius 1 is 1.14 bits per heavy atom. The molecule has 2 aromatic carbocycles. The number of aliphatic hydroxyl groups excluding tert-OH is 1. The molecule has 0 radical (unpaired) electrons. The van der Waals surface area contributed by atoms with Crippen LogP contribution in [0.4, 0.5) is 24.5 Å². The quantitative estimate of drug-likeness (QED) is 0.316. The lowest BCUT2D eigenvalue weighted by molar-refractivity contribution is 0.266. The molecule has 0 aliphatic rings. The van der Waals surface area contributed by atoms with Crippen LogP contribution in [0.15, 0.2) is 59.9 Å². The van der Waals surface area contributed by atoms with Crippen molar-refractivity contribution in [1.82, 2.24) is 14.1 Å². The van der Waals surface area contributed by atoms with Gasteiger partial charge in [-0.3, -0.25) is 4.79 Å². The van der Waals surface area contributed by atoms with E-state index in [1.54, 1.807) is 29.1 Å². The van der Waals surface area contributed by atoms with Crippen molar-refractivity contribution >= 4 is 23.0 Å². The first-order valence-electron chi connectivity index (χ1n) is 10.8. The Morgan fingerprint density at radius 2 is 1.86 bits per heavy atom. The number of hydrogen-bond acceptors (Lipinski definition) is 5. The first-order chi connectivity index (χ1) is 17.2. The van der Waals surface area contributed by atoms with E-state index in [4.69, 9.17) is 16.3 Å². The van der Waals surface area contributed by atoms with E-state index >= 15 is 0 Å². The van der Waals surface area contributed by atoms with E-state index in [1.165, 1.54) is 19.4 Å². The molecule has 0 amide bonds. The van der Waals surface area contributed by atoms with Crippen molar-refractivity contribution in [2.45, 2.75) is 19.4 Å². The summed E-state index contributed by atoms with van der Waals surface area (Å²) in [5.41, 5.74) is 1.54. The Bertz CT molecular complexity index is 1450. The molecule has 36 heavy (non-hydrogen) atoms. The zero-order valence-corrected chi connectivity index (χ0v) is 20.1. The molecule has 2 N–H and O–H groups in total. The van der Waals surface area contributed by atoms with Crippen molar-refractivity contribution in [1.29, 1.82) is 0 Å². The summed E-state index contributed by atoms with van der Waals surface area (Å²) in [6.07, 6.45) is 4.71. The standard InChI is InChI=1S/C25H22ClF3N4O3/c1-14-11-32(13-30-14)22-4-3-17(10-23(22)36-2)31-20-9-16(26)12-33(25(20)35)21(5-6-34)15-7-18(27)24(29)19(28)8-15/h3-4,7-13,21,31,34H,5-6H2,1-2H3. The Hall–Kier alpha value is -3.76. The molecular weight excluding hydrogens is 497 g/mol. The van der Waals surface area contributed by atoms with Gasteiger partial charge < -0.3 is 24.3 Å². The number of aryl methyl sites for hydroxylation is 1. The van der Waals surface area contributed by atoms with Crippen molar-refractivity contribution in [2.24, 2.45) is 0 Å². The number of hydrogen-bond donors (Lipinski definition) is 2. The van der Waals surface area contributed by atoms with Gasteiger partial charge in [-0.1, -0.05) is 11.6 Å². The number of nitrogens with zero attached hydrogens (tertiary/aromatic N) is 3. The van der Waals surface area contributed by atoms with E-state index < -0.39 is 35.7 Å². The van der Waals surface area contributed by atoms with Crippen LogP contribution in [-0.4, -0.2) is 32.9 Å². The fraction of sp³-hybridized carbons (Fsp3) is 0.200. The largest absolute Gasteiger partial charge is 0.494 e. The van der Waals surface area contributed by atoms with Gasteiger partial charge >= 0.3 is 0 Å². The minimum atomic E-state index is -1.62. The van der Waals surface area contributed by atoms with E-state index in [9.17, 15) is 23.1 Å². The van der Waals surface area contributed by atoms with Gasteiger partial charge in [-0.25, -0.2) is 18.2 Å². The maximum Gasteiger partial charge on any atom is 0.274 e. The summed E-state index contributed by atoms with van der Waals surface area (Å²) in [4.78, 5) is 17.6. The van der Waals surface area contributed by atoms with Crippen LogP contribution in [0.25, 0.3) is 5.69 Å². The Labute approximate surface area is 209 Å². The van der Waals surface area contributed by atoms with E-state index in [0.29, 0.717) is 11.4 Å². The van der Waals surface area contributed by atoms with E-state index in [-0.39, 0.29) is 22.7 Å². The third-order valence-electron chi connectivity index (χ3n) is 5.59. The first kappa shape index (κ1) is 25.3. The highest BCUT2D eigenvalue weighted by molar-refractivity contribution is 6.30. The lowest BCUT2D eigenvalue weighted by Gasteiger charge is -2.21. The van der Waals surface area contributed by atoms with E-state index in [2.05, 4.69) is 10.3 Å². The molecule has 0 fully saturated rings. The number of ether oxygens (including phenoxy) is 1. The molecule has 0 aliphatic carbocycles. The Kier molecular flexibility index (Phi) is 7.37. The van der Waals surface area contributed by atoms with Crippen molar-refractivity contribution in [2.75, 3.05) is 19.0 Å². The lowest BCUT2D eigenvalue weighted by Crippen LogP contribution is -2.28. The summed E-state index contributed by atoms with van der Waals surface area (Å²) < 4.78 is 49.8. The molecule has 0 bridgehead atoms. The number of nitrogens with one attached hydrogen (secondary N) is 1. The van der Waals surface area contributed by atoms with Crippen LogP contribution < -0.4 is 15.6 Å². The van der Waals surface area contributed by atoms with Gasteiger partial charge in [0.2, 0.25) is 0 Å². The van der Waals surface area contributed by atoms with Crippen LogP contribution >= 0.6 is 11.6 Å². The molecule has 0 spiro atoms. The van der Waals surface area contributed by atoms with Gasteiger partial charge in [0, 0.05) is 30.8 Å². The molecule has 0 aliphatic heterocycles. The van der Waals surface area contributed by atoms with Crippen LogP contribution in [0.3, 0.4) is 0 Å². The summed E-state index contributed by atoms with van der Waals surface area (Å²) in [5.74, 6) is -3.91.